The van der Waals surface area contributed by atoms with Crippen LogP contribution in [0.5, 0.6) is 0 Å². The van der Waals surface area contributed by atoms with E-state index in [-0.39, 0.29) is 5.91 Å². The maximum Gasteiger partial charge on any atom is 0.274 e. The molecule has 108 valence electrons. The van der Waals surface area contributed by atoms with Gasteiger partial charge in [-0.25, -0.2) is 9.97 Å². The second kappa shape index (κ2) is 5.87. The highest BCUT2D eigenvalue weighted by molar-refractivity contribution is 5.92. The molecule has 0 radical (unpaired) electrons. The van der Waals surface area contributed by atoms with Gasteiger partial charge in [0.1, 0.15) is 11.5 Å². The number of hydrogen-bond acceptors (Lipinski definition) is 5. The van der Waals surface area contributed by atoms with Gasteiger partial charge in [-0.05, 0) is 31.4 Å². The lowest BCUT2D eigenvalue weighted by molar-refractivity contribution is 0.0718. The van der Waals surface area contributed by atoms with E-state index < -0.39 is 0 Å². The third-order valence-corrected chi connectivity index (χ3v) is 3.58. The lowest BCUT2D eigenvalue weighted by atomic mass is 10.1. The number of amides is 1. The normalized spacial score (nSPS) is 15.0. The highest BCUT2D eigenvalue weighted by Crippen LogP contribution is 2.17. The van der Waals surface area contributed by atoms with E-state index in [1.807, 2.05) is 11.0 Å². The highest BCUT2D eigenvalue weighted by Gasteiger charge is 2.20. The van der Waals surface area contributed by atoms with Crippen LogP contribution in [0.4, 0.5) is 5.82 Å². The number of piperidine rings is 1. The summed E-state index contributed by atoms with van der Waals surface area (Å²) in [5.74, 6) is 0.403. The Morgan fingerprint density at radius 1 is 1.10 bits per heavy atom. The van der Waals surface area contributed by atoms with Crippen molar-refractivity contribution in [2.24, 2.45) is 0 Å². The van der Waals surface area contributed by atoms with Crippen LogP contribution in [0.1, 0.15) is 29.8 Å². The van der Waals surface area contributed by atoms with Crippen LogP contribution in [-0.4, -0.2) is 38.8 Å². The molecule has 1 amide bonds. The van der Waals surface area contributed by atoms with E-state index in [4.69, 9.17) is 5.73 Å². The van der Waals surface area contributed by atoms with Crippen LogP contribution in [0, 0.1) is 0 Å². The lowest BCUT2D eigenvalue weighted by Crippen LogP contribution is -2.36. The molecule has 1 aliphatic heterocycles. The van der Waals surface area contributed by atoms with Gasteiger partial charge >= 0.3 is 0 Å². The summed E-state index contributed by atoms with van der Waals surface area (Å²) in [7, 11) is 0. The highest BCUT2D eigenvalue weighted by atomic mass is 16.2. The maximum atomic E-state index is 12.4. The minimum absolute atomic E-state index is 0.0487. The number of nitrogens with zero attached hydrogens (tertiary/aromatic N) is 4. The van der Waals surface area contributed by atoms with E-state index in [1.54, 1.807) is 18.5 Å². The van der Waals surface area contributed by atoms with Crippen molar-refractivity contribution in [3.8, 4) is 11.3 Å². The Labute approximate surface area is 123 Å². The molecule has 1 aliphatic rings. The Balaban J connectivity index is 1.85. The van der Waals surface area contributed by atoms with Gasteiger partial charge in [-0.15, -0.1) is 0 Å². The summed E-state index contributed by atoms with van der Waals surface area (Å²) >= 11 is 0. The molecule has 0 bridgehead atoms. The largest absolute Gasteiger partial charge is 0.384 e. The molecule has 2 aromatic heterocycles. The van der Waals surface area contributed by atoms with E-state index in [0.717, 1.165) is 31.5 Å². The molecule has 1 fully saturated rings. The quantitative estimate of drug-likeness (QED) is 0.907. The molecule has 6 heteroatoms. The number of pyridine rings is 1. The summed E-state index contributed by atoms with van der Waals surface area (Å²) in [6, 6.07) is 3.53. The van der Waals surface area contributed by atoms with Crippen molar-refractivity contribution in [3.63, 3.8) is 0 Å². The van der Waals surface area contributed by atoms with Crippen LogP contribution in [0.3, 0.4) is 0 Å². The molecule has 0 unspecified atom stereocenters. The number of carbonyl (C=O) groups excluding carboxylic acids is 1. The van der Waals surface area contributed by atoms with E-state index in [1.165, 1.54) is 12.6 Å². The predicted molar refractivity (Wildman–Crippen MR) is 79.4 cm³/mol. The molecule has 0 aromatic carbocycles. The van der Waals surface area contributed by atoms with E-state index in [0.29, 0.717) is 17.2 Å². The second-order valence-electron chi connectivity index (χ2n) is 5.11. The fraction of sp³-hybridized carbons (Fsp3) is 0.333. The molecule has 2 N–H and O–H groups in total. The van der Waals surface area contributed by atoms with Crippen molar-refractivity contribution in [2.45, 2.75) is 19.3 Å². The van der Waals surface area contributed by atoms with Crippen LogP contribution >= 0.6 is 0 Å². The van der Waals surface area contributed by atoms with Gasteiger partial charge in [0.2, 0.25) is 0 Å². The van der Waals surface area contributed by atoms with Crippen LogP contribution in [0.25, 0.3) is 11.3 Å². The first kappa shape index (κ1) is 13.5. The number of anilines is 1. The maximum absolute atomic E-state index is 12.4. The van der Waals surface area contributed by atoms with Gasteiger partial charge in [0.15, 0.2) is 0 Å². The van der Waals surface area contributed by atoms with Crippen molar-refractivity contribution in [3.05, 3.63) is 36.4 Å². The number of nitrogens with two attached hydrogens (primary N) is 1. The summed E-state index contributed by atoms with van der Waals surface area (Å²) in [5.41, 5.74) is 7.38. The SMILES string of the molecule is Nc1ccc(-c2cncc(C(=O)N3CCCCC3)n2)cn1. The van der Waals surface area contributed by atoms with Gasteiger partial charge in [0.05, 0.1) is 18.1 Å². The summed E-state index contributed by atoms with van der Waals surface area (Å²) in [6.07, 6.45) is 8.08. The zero-order valence-electron chi connectivity index (χ0n) is 11.7. The molecule has 0 spiro atoms. The van der Waals surface area contributed by atoms with Crippen LogP contribution in [0.2, 0.25) is 0 Å². The van der Waals surface area contributed by atoms with Crippen molar-refractivity contribution >= 4 is 11.7 Å². The summed E-state index contributed by atoms with van der Waals surface area (Å²) in [4.78, 5) is 26.8. The first-order chi connectivity index (χ1) is 10.2. The van der Waals surface area contributed by atoms with Gasteiger partial charge in [0.25, 0.3) is 5.91 Å². The molecule has 0 aliphatic carbocycles. The number of nitrogen functional groups attached to an aromatic ring is 1. The Hall–Kier alpha value is -2.50. The standard InChI is InChI=1S/C15H17N5O/c16-14-5-4-11(8-18-14)12-9-17-10-13(19-12)15(21)20-6-2-1-3-7-20/h4-5,8-10H,1-3,6-7H2,(H2,16,18). The molecular weight excluding hydrogens is 266 g/mol. The molecule has 3 rings (SSSR count). The van der Waals surface area contributed by atoms with Crippen molar-refractivity contribution in [1.29, 1.82) is 0 Å². The number of likely N-dealkylation sites (tertiary alicyclic amines) is 1. The van der Waals surface area contributed by atoms with Crippen molar-refractivity contribution in [2.75, 3.05) is 18.8 Å². The Bertz CT molecular complexity index is 635. The smallest absolute Gasteiger partial charge is 0.274 e. The topological polar surface area (TPSA) is 85.0 Å². The molecular formula is C15H17N5O. The predicted octanol–water partition coefficient (Wildman–Crippen LogP) is 1.75. The Morgan fingerprint density at radius 3 is 2.62 bits per heavy atom. The Kier molecular flexibility index (Phi) is 3.77. The first-order valence-corrected chi connectivity index (χ1v) is 7.07. The number of carbonyl (C=O) groups is 1. The number of hydrogen-bond donors (Lipinski definition) is 1. The van der Waals surface area contributed by atoms with E-state index >= 15 is 0 Å². The third-order valence-electron chi connectivity index (χ3n) is 3.58. The zero-order valence-corrected chi connectivity index (χ0v) is 11.7. The van der Waals surface area contributed by atoms with Crippen molar-refractivity contribution in [1.82, 2.24) is 19.9 Å². The van der Waals surface area contributed by atoms with Gasteiger partial charge in [-0.3, -0.25) is 9.78 Å². The molecule has 1 saturated heterocycles. The average Bonchev–Trinajstić information content (AvgIpc) is 2.56. The molecule has 6 nitrogen and oxygen atoms in total. The van der Waals surface area contributed by atoms with Gasteiger partial charge < -0.3 is 10.6 Å². The average molecular weight is 283 g/mol. The fourth-order valence-electron chi connectivity index (χ4n) is 2.42. The molecule has 3 heterocycles. The number of rotatable bonds is 2. The minimum Gasteiger partial charge on any atom is -0.384 e. The second-order valence-corrected chi connectivity index (χ2v) is 5.11. The van der Waals surface area contributed by atoms with Crippen molar-refractivity contribution < 1.29 is 4.79 Å². The third kappa shape index (κ3) is 2.99. The van der Waals surface area contributed by atoms with Crippen LogP contribution < -0.4 is 5.73 Å². The summed E-state index contributed by atoms with van der Waals surface area (Å²) in [5, 5.41) is 0. The first-order valence-electron chi connectivity index (χ1n) is 7.07. The minimum atomic E-state index is -0.0487. The number of aromatic nitrogens is 3. The molecule has 0 atom stereocenters. The monoisotopic (exact) mass is 283 g/mol. The zero-order chi connectivity index (χ0) is 14.7. The summed E-state index contributed by atoms with van der Waals surface area (Å²) in [6.45, 7) is 1.60. The summed E-state index contributed by atoms with van der Waals surface area (Å²) < 4.78 is 0. The molecule has 2 aromatic rings. The van der Waals surface area contributed by atoms with E-state index in [2.05, 4.69) is 15.0 Å². The van der Waals surface area contributed by atoms with Gasteiger partial charge in [-0.1, -0.05) is 0 Å². The molecule has 21 heavy (non-hydrogen) atoms. The van der Waals surface area contributed by atoms with Crippen LogP contribution in [-0.2, 0) is 0 Å². The fourth-order valence-corrected chi connectivity index (χ4v) is 2.42. The lowest BCUT2D eigenvalue weighted by Gasteiger charge is -2.26. The molecule has 0 saturated carbocycles. The van der Waals surface area contributed by atoms with Gasteiger partial charge in [-0.2, -0.15) is 0 Å². The van der Waals surface area contributed by atoms with Crippen LogP contribution in [0.15, 0.2) is 30.7 Å². The van der Waals surface area contributed by atoms with E-state index in [9.17, 15) is 4.79 Å². The van der Waals surface area contributed by atoms with Gasteiger partial charge in [0, 0.05) is 24.8 Å². The Morgan fingerprint density at radius 2 is 1.90 bits per heavy atom.